The number of aromatic amines is 2. The van der Waals surface area contributed by atoms with Gasteiger partial charge in [0.15, 0.2) is 0 Å². The van der Waals surface area contributed by atoms with E-state index in [1.165, 1.54) is 23.7 Å². The van der Waals surface area contributed by atoms with Crippen molar-refractivity contribution >= 4 is 28.8 Å². The first-order valence-corrected chi connectivity index (χ1v) is 8.28. The Morgan fingerprint density at radius 1 is 1.04 bits per heavy atom. The normalized spacial score (nSPS) is 13.3. The predicted molar refractivity (Wildman–Crippen MR) is 95.6 cm³/mol. The molecule has 0 saturated carbocycles. The Hall–Kier alpha value is -3.95. The summed E-state index contributed by atoms with van der Waals surface area (Å²) in [5.41, 5.74) is -0.0889. The fourth-order valence-corrected chi connectivity index (χ4v) is 3.28. The molecule has 1 aliphatic heterocycles. The summed E-state index contributed by atoms with van der Waals surface area (Å²) in [4.78, 5) is 68.7. The number of nitrogens with zero attached hydrogens (tertiary/aromatic N) is 2. The fourth-order valence-electron chi connectivity index (χ4n) is 3.28. The second-order valence-corrected chi connectivity index (χ2v) is 6.37. The molecule has 0 unspecified atom stereocenters. The molecule has 1 aromatic carbocycles. The zero-order chi connectivity index (χ0) is 20.2. The summed E-state index contributed by atoms with van der Waals surface area (Å²) >= 11 is 0. The molecule has 0 radical (unpaired) electrons. The van der Waals surface area contributed by atoms with Crippen LogP contribution in [0.5, 0.6) is 0 Å². The van der Waals surface area contributed by atoms with Gasteiger partial charge < -0.3 is 9.82 Å². The lowest BCUT2D eigenvalue weighted by Crippen LogP contribution is -2.34. The number of carbonyl (C=O) groups excluding carboxylic acids is 3. The Balaban J connectivity index is 1.63. The summed E-state index contributed by atoms with van der Waals surface area (Å²) in [6.45, 7) is 1.54. The van der Waals surface area contributed by atoms with Gasteiger partial charge >= 0.3 is 5.97 Å². The number of rotatable bonds is 3. The number of pyridine rings is 1. The predicted octanol–water partition coefficient (Wildman–Crippen LogP) is 0.160. The molecular formula is C18H14N4O6. The summed E-state index contributed by atoms with van der Waals surface area (Å²) in [6, 6.07) is 6.08. The van der Waals surface area contributed by atoms with Crippen molar-refractivity contribution in [1.82, 2.24) is 19.8 Å². The molecule has 2 amide bonds. The number of amides is 2. The Morgan fingerprint density at radius 3 is 2.25 bits per heavy atom. The van der Waals surface area contributed by atoms with Gasteiger partial charge in [0.2, 0.25) is 0 Å². The third kappa shape index (κ3) is 2.46. The minimum Gasteiger partial charge on any atom is -0.329 e. The van der Waals surface area contributed by atoms with Crippen molar-refractivity contribution in [3.05, 3.63) is 67.2 Å². The SMILES string of the molecule is Cc1c(CC(=O)ON2C(=O)c3ccccc3C2=O)c(=O)[nH]c2c1c(=O)[nH]n2C. The van der Waals surface area contributed by atoms with Gasteiger partial charge in [-0.15, -0.1) is 0 Å². The van der Waals surface area contributed by atoms with E-state index in [1.807, 2.05) is 0 Å². The fraction of sp³-hybridized carbons (Fsp3) is 0.167. The van der Waals surface area contributed by atoms with E-state index in [4.69, 9.17) is 4.84 Å². The molecule has 0 bridgehead atoms. The van der Waals surface area contributed by atoms with E-state index < -0.39 is 35.3 Å². The summed E-state index contributed by atoms with van der Waals surface area (Å²) in [7, 11) is 1.56. The summed E-state index contributed by atoms with van der Waals surface area (Å²) in [5.74, 6) is -2.49. The van der Waals surface area contributed by atoms with Gasteiger partial charge in [-0.1, -0.05) is 17.2 Å². The van der Waals surface area contributed by atoms with Crippen LogP contribution in [0.15, 0.2) is 33.9 Å². The Kier molecular flexibility index (Phi) is 3.77. The molecule has 0 saturated heterocycles. The van der Waals surface area contributed by atoms with Crippen molar-refractivity contribution in [2.75, 3.05) is 0 Å². The smallest absolute Gasteiger partial charge is 0.329 e. The maximum Gasteiger partial charge on any atom is 0.337 e. The number of hydroxylamine groups is 2. The van der Waals surface area contributed by atoms with Gasteiger partial charge in [0, 0.05) is 12.6 Å². The summed E-state index contributed by atoms with van der Waals surface area (Å²) < 4.78 is 1.37. The van der Waals surface area contributed by atoms with E-state index >= 15 is 0 Å². The van der Waals surface area contributed by atoms with Crippen molar-refractivity contribution < 1.29 is 19.2 Å². The highest BCUT2D eigenvalue weighted by atomic mass is 16.7. The highest BCUT2D eigenvalue weighted by Gasteiger charge is 2.38. The molecule has 0 aliphatic carbocycles. The Bertz CT molecular complexity index is 1260. The first-order valence-electron chi connectivity index (χ1n) is 8.28. The average Bonchev–Trinajstić information content (AvgIpc) is 3.07. The number of hydrogen-bond acceptors (Lipinski definition) is 6. The van der Waals surface area contributed by atoms with Crippen LogP contribution in [0.1, 0.15) is 31.8 Å². The highest BCUT2D eigenvalue weighted by molar-refractivity contribution is 6.20. The first-order chi connectivity index (χ1) is 13.3. The lowest BCUT2D eigenvalue weighted by Gasteiger charge is -2.13. The van der Waals surface area contributed by atoms with Crippen molar-refractivity contribution in [2.45, 2.75) is 13.3 Å². The standard InChI is InChI=1S/C18H14N4O6/c1-8-11(15(24)19-14-13(8)16(25)20-21(14)2)7-12(23)28-22-17(26)9-5-3-4-6-10(9)18(22)27/h3-6H,7H2,1-2H3,(H,19,24)(H,20,25). The van der Waals surface area contributed by atoms with Crippen LogP contribution in [0, 0.1) is 6.92 Å². The zero-order valence-electron chi connectivity index (χ0n) is 14.9. The molecule has 1 aliphatic rings. The van der Waals surface area contributed by atoms with Gasteiger partial charge in [-0.3, -0.25) is 29.0 Å². The number of carbonyl (C=O) groups is 3. The summed E-state index contributed by atoms with van der Waals surface area (Å²) in [6.07, 6.45) is -0.515. The Labute approximate surface area is 156 Å². The number of fused-ring (bicyclic) bond motifs is 2. The monoisotopic (exact) mass is 382 g/mol. The van der Waals surface area contributed by atoms with Crippen molar-refractivity contribution in [3.8, 4) is 0 Å². The first kappa shape index (κ1) is 17.5. The highest BCUT2D eigenvalue weighted by Crippen LogP contribution is 2.23. The maximum atomic E-state index is 12.4. The molecule has 4 rings (SSSR count). The maximum absolute atomic E-state index is 12.4. The molecule has 2 aromatic heterocycles. The van der Waals surface area contributed by atoms with E-state index in [-0.39, 0.29) is 22.1 Å². The van der Waals surface area contributed by atoms with Crippen LogP contribution in [-0.4, -0.2) is 37.6 Å². The molecule has 10 heteroatoms. The molecule has 2 N–H and O–H groups in total. The second kappa shape index (κ2) is 6.05. The van der Waals surface area contributed by atoms with E-state index in [0.29, 0.717) is 16.3 Å². The second-order valence-electron chi connectivity index (χ2n) is 6.37. The Morgan fingerprint density at radius 2 is 1.64 bits per heavy atom. The van der Waals surface area contributed by atoms with Crippen molar-refractivity contribution in [1.29, 1.82) is 0 Å². The van der Waals surface area contributed by atoms with Gasteiger partial charge in [-0.2, -0.15) is 0 Å². The minimum absolute atomic E-state index is 0.0193. The lowest BCUT2D eigenvalue weighted by molar-refractivity contribution is -0.167. The van der Waals surface area contributed by atoms with Crippen LogP contribution < -0.4 is 11.1 Å². The molecule has 0 atom stereocenters. The third-order valence-electron chi connectivity index (χ3n) is 4.67. The molecule has 142 valence electrons. The van der Waals surface area contributed by atoms with Gasteiger partial charge in [0.25, 0.3) is 22.9 Å². The van der Waals surface area contributed by atoms with Crippen LogP contribution in [-0.2, 0) is 23.1 Å². The third-order valence-corrected chi connectivity index (χ3v) is 4.67. The molecule has 10 nitrogen and oxygen atoms in total. The molecule has 0 fully saturated rings. The van der Waals surface area contributed by atoms with Crippen molar-refractivity contribution in [3.63, 3.8) is 0 Å². The number of aromatic nitrogens is 3. The molecule has 3 heterocycles. The average molecular weight is 382 g/mol. The topological polar surface area (TPSA) is 134 Å². The van der Waals surface area contributed by atoms with Crippen LogP contribution in [0.2, 0.25) is 0 Å². The summed E-state index contributed by atoms with van der Waals surface area (Å²) in [5, 5.41) is 3.14. The number of imide groups is 1. The molecule has 3 aromatic rings. The van der Waals surface area contributed by atoms with E-state index in [2.05, 4.69) is 10.1 Å². The molecule has 28 heavy (non-hydrogen) atoms. The van der Waals surface area contributed by atoms with E-state index in [9.17, 15) is 24.0 Å². The number of hydrogen-bond donors (Lipinski definition) is 2. The van der Waals surface area contributed by atoms with Gasteiger partial charge in [0.05, 0.1) is 22.9 Å². The number of benzene rings is 1. The minimum atomic E-state index is -0.977. The molecular weight excluding hydrogens is 368 g/mol. The van der Waals surface area contributed by atoms with E-state index in [0.717, 1.165) is 0 Å². The molecule has 0 spiro atoms. The number of nitrogens with one attached hydrogen (secondary N) is 2. The zero-order valence-corrected chi connectivity index (χ0v) is 14.9. The lowest BCUT2D eigenvalue weighted by atomic mass is 10.1. The number of aryl methyl sites for hydroxylation is 2. The van der Waals surface area contributed by atoms with Crippen LogP contribution in [0.25, 0.3) is 11.0 Å². The van der Waals surface area contributed by atoms with Gasteiger partial charge in [0.1, 0.15) is 5.65 Å². The van der Waals surface area contributed by atoms with Crippen LogP contribution in [0.4, 0.5) is 0 Å². The van der Waals surface area contributed by atoms with Crippen LogP contribution >= 0.6 is 0 Å². The largest absolute Gasteiger partial charge is 0.337 e. The van der Waals surface area contributed by atoms with Crippen molar-refractivity contribution in [2.24, 2.45) is 7.05 Å². The number of H-pyrrole nitrogens is 2. The van der Waals surface area contributed by atoms with Crippen LogP contribution in [0.3, 0.4) is 0 Å². The van der Waals surface area contributed by atoms with Gasteiger partial charge in [-0.25, -0.2) is 4.79 Å². The van der Waals surface area contributed by atoms with E-state index in [1.54, 1.807) is 19.2 Å². The van der Waals surface area contributed by atoms with Gasteiger partial charge in [-0.05, 0) is 24.6 Å². The quantitative estimate of drug-likeness (QED) is 0.620.